The maximum absolute atomic E-state index is 12.8. The highest BCUT2D eigenvalue weighted by atomic mass is 32.1. The third kappa shape index (κ3) is 3.89. The van der Waals surface area contributed by atoms with Gasteiger partial charge >= 0.3 is 0 Å². The van der Waals surface area contributed by atoms with Crippen LogP contribution < -0.4 is 10.1 Å². The molecule has 1 N–H and O–H groups in total. The summed E-state index contributed by atoms with van der Waals surface area (Å²) < 4.78 is 6.28. The second-order valence-electron chi connectivity index (χ2n) is 7.72. The van der Waals surface area contributed by atoms with E-state index in [0.717, 1.165) is 5.56 Å². The molecule has 0 aliphatic carbocycles. The maximum Gasteiger partial charge on any atom is 0.248 e. The summed E-state index contributed by atoms with van der Waals surface area (Å²) in [4.78, 5) is 43.7. The molecule has 1 aromatic heterocycles. The first-order chi connectivity index (χ1) is 13.9. The third-order valence-electron chi connectivity index (χ3n) is 5.68. The van der Waals surface area contributed by atoms with Crippen LogP contribution in [0.15, 0.2) is 29.8 Å². The fraction of sp³-hybridized carbons (Fsp3) is 0.429. The molecule has 2 aliphatic heterocycles. The van der Waals surface area contributed by atoms with Crippen molar-refractivity contribution < 1.29 is 19.1 Å². The summed E-state index contributed by atoms with van der Waals surface area (Å²) in [5.74, 6) is 0.257. The number of nitrogens with one attached hydrogen (secondary N) is 1. The molecule has 0 radical (unpaired) electrons. The molecule has 0 saturated carbocycles. The summed E-state index contributed by atoms with van der Waals surface area (Å²) >= 11 is 1.33. The van der Waals surface area contributed by atoms with E-state index in [1.54, 1.807) is 23.4 Å². The van der Waals surface area contributed by atoms with Crippen molar-refractivity contribution in [2.24, 2.45) is 0 Å². The average Bonchev–Trinajstić information content (AvgIpc) is 3.14. The smallest absolute Gasteiger partial charge is 0.248 e. The van der Waals surface area contributed by atoms with E-state index in [4.69, 9.17) is 4.74 Å². The van der Waals surface area contributed by atoms with Gasteiger partial charge in [-0.3, -0.25) is 14.4 Å². The summed E-state index contributed by atoms with van der Waals surface area (Å²) in [5.41, 5.74) is 0.924. The average molecular weight is 413 g/mol. The molecule has 152 valence electrons. The Morgan fingerprint density at radius 1 is 1.34 bits per heavy atom. The lowest BCUT2D eigenvalue weighted by molar-refractivity contribution is -0.137. The van der Waals surface area contributed by atoms with Crippen LogP contribution in [0.5, 0.6) is 5.75 Å². The molecule has 7 nitrogen and oxygen atoms in total. The van der Waals surface area contributed by atoms with Gasteiger partial charge in [0.25, 0.3) is 0 Å². The molecule has 2 aliphatic rings. The lowest BCUT2D eigenvalue weighted by atomic mass is 9.84. The zero-order valence-electron chi connectivity index (χ0n) is 16.4. The zero-order chi connectivity index (χ0) is 20.6. The SMILES string of the molecule is Cc1ccc2c(c1)C(=O)C[C@]1(CCC(=O)N([C@@H](C)C(=O)Nc3nccs3)CC1)O2. The predicted molar refractivity (Wildman–Crippen MR) is 109 cm³/mol. The summed E-state index contributed by atoms with van der Waals surface area (Å²) in [6, 6.07) is 4.97. The van der Waals surface area contributed by atoms with Crippen LogP contribution in [-0.2, 0) is 9.59 Å². The molecule has 2 amide bonds. The number of aromatic nitrogens is 1. The number of ether oxygens (including phenoxy) is 1. The van der Waals surface area contributed by atoms with E-state index >= 15 is 0 Å². The van der Waals surface area contributed by atoms with Crippen LogP contribution in [0.2, 0.25) is 0 Å². The normalized spacial score (nSPS) is 22.6. The first-order valence-corrected chi connectivity index (χ1v) is 10.6. The predicted octanol–water partition coefficient (Wildman–Crippen LogP) is 3.20. The fourth-order valence-electron chi connectivity index (χ4n) is 3.99. The van der Waals surface area contributed by atoms with E-state index in [1.165, 1.54) is 11.3 Å². The first kappa shape index (κ1) is 19.6. The number of thiazole rings is 1. The van der Waals surface area contributed by atoms with Gasteiger partial charge in [0.15, 0.2) is 10.9 Å². The number of anilines is 1. The van der Waals surface area contributed by atoms with Crippen molar-refractivity contribution in [3.63, 3.8) is 0 Å². The fourth-order valence-corrected chi connectivity index (χ4v) is 4.52. The van der Waals surface area contributed by atoms with Crippen molar-refractivity contribution in [1.82, 2.24) is 9.88 Å². The Labute approximate surface area is 173 Å². The Bertz CT molecular complexity index is 959. The van der Waals surface area contributed by atoms with Gasteiger partial charge in [0.1, 0.15) is 17.4 Å². The Morgan fingerprint density at radius 2 is 2.17 bits per heavy atom. The van der Waals surface area contributed by atoms with Crippen LogP contribution in [0.25, 0.3) is 0 Å². The Balaban J connectivity index is 1.49. The number of Topliss-reactive ketones (excluding diaryl/α,β-unsaturated/α-hetero) is 1. The molecule has 1 fully saturated rings. The van der Waals surface area contributed by atoms with Crippen LogP contribution >= 0.6 is 11.3 Å². The molecule has 2 atom stereocenters. The number of benzene rings is 1. The van der Waals surface area contributed by atoms with Gasteiger partial charge in [0, 0.05) is 31.0 Å². The lowest BCUT2D eigenvalue weighted by Crippen LogP contribution is -2.46. The first-order valence-electron chi connectivity index (χ1n) is 9.70. The number of likely N-dealkylation sites (tertiary alicyclic amines) is 1. The molecule has 3 heterocycles. The van der Waals surface area contributed by atoms with Crippen molar-refractivity contribution in [3.05, 3.63) is 40.9 Å². The summed E-state index contributed by atoms with van der Waals surface area (Å²) in [6.07, 6.45) is 3.07. The van der Waals surface area contributed by atoms with E-state index in [9.17, 15) is 14.4 Å². The van der Waals surface area contributed by atoms with Crippen LogP contribution in [0.3, 0.4) is 0 Å². The Hall–Kier alpha value is -2.74. The van der Waals surface area contributed by atoms with Crippen LogP contribution in [0.1, 0.15) is 48.5 Å². The molecule has 1 spiro atoms. The van der Waals surface area contributed by atoms with Gasteiger partial charge in [-0.05, 0) is 32.4 Å². The second-order valence-corrected chi connectivity index (χ2v) is 8.62. The van der Waals surface area contributed by atoms with Gasteiger partial charge in [0.05, 0.1) is 12.0 Å². The summed E-state index contributed by atoms with van der Waals surface area (Å²) in [7, 11) is 0. The quantitative estimate of drug-likeness (QED) is 0.835. The minimum atomic E-state index is -0.699. The van der Waals surface area contributed by atoms with Gasteiger partial charge in [-0.2, -0.15) is 0 Å². The highest BCUT2D eigenvalue weighted by Gasteiger charge is 2.44. The minimum Gasteiger partial charge on any atom is -0.486 e. The number of rotatable bonds is 3. The number of amides is 2. The van der Waals surface area contributed by atoms with E-state index in [0.29, 0.717) is 35.8 Å². The number of carbonyl (C=O) groups excluding carboxylic acids is 3. The molecule has 1 aromatic carbocycles. The molecular formula is C21H23N3O4S. The molecule has 4 rings (SSSR count). The molecular weight excluding hydrogens is 390 g/mol. The number of aryl methyl sites for hydroxylation is 1. The third-order valence-corrected chi connectivity index (χ3v) is 6.37. The van der Waals surface area contributed by atoms with Crippen LogP contribution in [0, 0.1) is 6.92 Å². The molecule has 0 unspecified atom stereocenters. The number of carbonyl (C=O) groups is 3. The molecule has 2 aromatic rings. The highest BCUT2D eigenvalue weighted by molar-refractivity contribution is 7.13. The van der Waals surface area contributed by atoms with Crippen molar-refractivity contribution in [3.8, 4) is 5.75 Å². The monoisotopic (exact) mass is 413 g/mol. The number of fused-ring (bicyclic) bond motifs is 1. The van der Waals surface area contributed by atoms with Gasteiger partial charge in [-0.1, -0.05) is 11.6 Å². The molecule has 1 saturated heterocycles. The van der Waals surface area contributed by atoms with Gasteiger partial charge < -0.3 is 15.0 Å². The van der Waals surface area contributed by atoms with Crippen molar-refractivity contribution >= 4 is 34.1 Å². The van der Waals surface area contributed by atoms with E-state index < -0.39 is 11.6 Å². The number of hydrogen-bond acceptors (Lipinski definition) is 6. The minimum absolute atomic E-state index is 0.0467. The maximum atomic E-state index is 12.8. The van der Waals surface area contributed by atoms with Crippen LogP contribution in [0.4, 0.5) is 5.13 Å². The lowest BCUT2D eigenvalue weighted by Gasteiger charge is -2.37. The standard InChI is InChI=1S/C21H23N3O4S/c1-13-3-4-17-15(11-13)16(25)12-21(28-17)6-5-18(26)24(9-7-21)14(2)19(27)23-20-22-8-10-29-20/h3-4,8,10-11,14H,5-7,9,12H2,1-2H3,(H,22,23,27)/t14-,21+/m0/s1. The van der Waals surface area contributed by atoms with Crippen molar-refractivity contribution in [2.75, 3.05) is 11.9 Å². The summed E-state index contributed by atoms with van der Waals surface area (Å²) in [5, 5.41) is 5.03. The number of nitrogens with zero attached hydrogens (tertiary/aromatic N) is 2. The Morgan fingerprint density at radius 3 is 2.93 bits per heavy atom. The summed E-state index contributed by atoms with van der Waals surface area (Å²) in [6.45, 7) is 4.02. The van der Waals surface area contributed by atoms with Crippen molar-refractivity contribution in [1.29, 1.82) is 0 Å². The highest BCUT2D eigenvalue weighted by Crippen LogP contribution is 2.40. The van der Waals surface area contributed by atoms with Gasteiger partial charge in [0.2, 0.25) is 11.8 Å². The Kier molecular flexibility index (Phi) is 5.12. The molecule has 8 heteroatoms. The van der Waals surface area contributed by atoms with Gasteiger partial charge in [-0.25, -0.2) is 4.98 Å². The van der Waals surface area contributed by atoms with E-state index in [-0.39, 0.29) is 30.4 Å². The van der Waals surface area contributed by atoms with Gasteiger partial charge in [-0.15, -0.1) is 11.3 Å². The number of ketones is 1. The molecule has 0 bridgehead atoms. The van der Waals surface area contributed by atoms with Crippen molar-refractivity contribution in [2.45, 2.75) is 51.2 Å². The van der Waals surface area contributed by atoms with E-state index in [1.807, 2.05) is 25.1 Å². The second kappa shape index (κ2) is 7.59. The van der Waals surface area contributed by atoms with E-state index in [2.05, 4.69) is 10.3 Å². The van der Waals surface area contributed by atoms with Crippen LogP contribution in [-0.4, -0.2) is 45.7 Å². The zero-order valence-corrected chi connectivity index (χ0v) is 17.3. The topological polar surface area (TPSA) is 88.6 Å². The largest absolute Gasteiger partial charge is 0.486 e. The number of hydrogen-bond donors (Lipinski definition) is 1. The molecule has 29 heavy (non-hydrogen) atoms.